The lowest BCUT2D eigenvalue weighted by Gasteiger charge is -2.20. The van der Waals surface area contributed by atoms with Crippen LogP contribution < -0.4 is 4.90 Å². The largest absolute Gasteiger partial charge is 0.328 e. The number of pyridine rings is 1. The Morgan fingerprint density at radius 1 is 1.10 bits per heavy atom. The molecule has 1 heterocycles. The molecule has 0 aliphatic carbocycles. The van der Waals surface area contributed by atoms with E-state index in [1.165, 1.54) is 12.1 Å². The van der Waals surface area contributed by atoms with Gasteiger partial charge >= 0.3 is 0 Å². The minimum Gasteiger partial charge on any atom is -0.328 e. The number of anilines is 2. The first kappa shape index (κ1) is 13.1. The molecule has 3 nitrogen and oxygen atoms in total. The van der Waals surface area contributed by atoms with Crippen molar-refractivity contribution in [2.75, 3.05) is 11.9 Å². The molecule has 0 saturated carbocycles. The molecule has 0 saturated heterocycles. The first-order chi connectivity index (χ1) is 10.2. The quantitative estimate of drug-likeness (QED) is 0.710. The summed E-state index contributed by atoms with van der Waals surface area (Å²) in [5, 5.41) is 10.3. The van der Waals surface area contributed by atoms with Crippen molar-refractivity contribution in [2.24, 2.45) is 0 Å². The van der Waals surface area contributed by atoms with E-state index in [0.29, 0.717) is 11.4 Å². The van der Waals surface area contributed by atoms with Crippen molar-refractivity contribution in [1.82, 2.24) is 4.98 Å². The molecule has 0 atom stereocenters. The minimum absolute atomic E-state index is 0.292. The van der Waals surface area contributed by atoms with Crippen molar-refractivity contribution < 1.29 is 4.39 Å². The summed E-state index contributed by atoms with van der Waals surface area (Å²) >= 11 is 0. The fourth-order valence-corrected chi connectivity index (χ4v) is 2.23. The summed E-state index contributed by atoms with van der Waals surface area (Å²) in [6.07, 6.45) is 0. The van der Waals surface area contributed by atoms with Gasteiger partial charge in [-0.1, -0.05) is 18.2 Å². The van der Waals surface area contributed by atoms with Gasteiger partial charge in [0.05, 0.1) is 11.1 Å². The molecule has 3 aromatic rings. The van der Waals surface area contributed by atoms with Crippen molar-refractivity contribution in [3.63, 3.8) is 0 Å². The van der Waals surface area contributed by atoms with Crippen LogP contribution in [-0.4, -0.2) is 12.0 Å². The average Bonchev–Trinajstić information content (AvgIpc) is 2.53. The van der Waals surface area contributed by atoms with E-state index < -0.39 is 0 Å². The smallest absolute Gasteiger partial charge is 0.151 e. The Morgan fingerprint density at radius 3 is 2.52 bits per heavy atom. The number of fused-ring (bicyclic) bond motifs is 1. The second-order valence-electron chi connectivity index (χ2n) is 4.70. The van der Waals surface area contributed by atoms with E-state index in [9.17, 15) is 9.65 Å². The van der Waals surface area contributed by atoms with Crippen LogP contribution in [0, 0.1) is 17.1 Å². The zero-order chi connectivity index (χ0) is 14.8. The fourth-order valence-electron chi connectivity index (χ4n) is 2.23. The van der Waals surface area contributed by atoms with E-state index in [4.69, 9.17) is 0 Å². The predicted molar refractivity (Wildman–Crippen MR) is 80.9 cm³/mol. The maximum Gasteiger partial charge on any atom is 0.151 e. The maximum absolute atomic E-state index is 13.0. The van der Waals surface area contributed by atoms with Crippen LogP contribution in [0.1, 0.15) is 5.56 Å². The lowest BCUT2D eigenvalue weighted by atomic mass is 10.1. The van der Waals surface area contributed by atoms with Crippen LogP contribution in [0.15, 0.2) is 54.6 Å². The Balaban J connectivity index is 2.14. The number of nitrogens with zero attached hydrogens (tertiary/aromatic N) is 3. The summed E-state index contributed by atoms with van der Waals surface area (Å²) in [6, 6.07) is 17.7. The van der Waals surface area contributed by atoms with Gasteiger partial charge in [-0.25, -0.2) is 9.37 Å². The number of benzene rings is 2. The molecule has 0 amide bonds. The topological polar surface area (TPSA) is 39.9 Å². The Bertz CT molecular complexity index is 835. The van der Waals surface area contributed by atoms with Crippen molar-refractivity contribution in [3.05, 3.63) is 66.0 Å². The number of hydrogen-bond donors (Lipinski definition) is 0. The molecule has 0 aliphatic rings. The third kappa shape index (κ3) is 2.41. The Morgan fingerprint density at radius 2 is 1.81 bits per heavy atom. The van der Waals surface area contributed by atoms with Gasteiger partial charge in [0, 0.05) is 18.1 Å². The van der Waals surface area contributed by atoms with Crippen molar-refractivity contribution in [3.8, 4) is 6.07 Å². The number of halogens is 1. The molecule has 0 N–H and O–H groups in total. The molecule has 21 heavy (non-hydrogen) atoms. The number of para-hydroxylation sites is 1. The van der Waals surface area contributed by atoms with Crippen LogP contribution >= 0.6 is 0 Å². The normalized spacial score (nSPS) is 10.3. The van der Waals surface area contributed by atoms with E-state index in [1.54, 1.807) is 17.0 Å². The number of aromatic nitrogens is 1. The molecule has 1 aromatic heterocycles. The monoisotopic (exact) mass is 277 g/mol. The molecule has 0 bridgehead atoms. The highest BCUT2D eigenvalue weighted by atomic mass is 19.1. The van der Waals surface area contributed by atoms with Gasteiger partial charge in [0.1, 0.15) is 11.9 Å². The number of rotatable bonds is 2. The van der Waals surface area contributed by atoms with E-state index in [-0.39, 0.29) is 5.82 Å². The summed E-state index contributed by atoms with van der Waals surface area (Å²) in [5.41, 5.74) is 2.08. The Kier molecular flexibility index (Phi) is 3.25. The van der Waals surface area contributed by atoms with Crippen LogP contribution in [0.4, 0.5) is 15.9 Å². The Labute approximate surface area is 121 Å². The first-order valence-corrected chi connectivity index (χ1v) is 6.48. The van der Waals surface area contributed by atoms with Crippen LogP contribution in [0.3, 0.4) is 0 Å². The zero-order valence-electron chi connectivity index (χ0n) is 11.4. The van der Waals surface area contributed by atoms with Crippen molar-refractivity contribution in [2.45, 2.75) is 0 Å². The predicted octanol–water partition coefficient (Wildman–Crippen LogP) is 4.01. The van der Waals surface area contributed by atoms with Gasteiger partial charge in [-0.15, -0.1) is 0 Å². The van der Waals surface area contributed by atoms with Crippen LogP contribution in [0.2, 0.25) is 0 Å². The second kappa shape index (κ2) is 5.22. The highest BCUT2D eigenvalue weighted by molar-refractivity contribution is 5.84. The van der Waals surface area contributed by atoms with E-state index >= 15 is 0 Å². The van der Waals surface area contributed by atoms with E-state index in [1.807, 2.05) is 37.4 Å². The first-order valence-electron chi connectivity index (χ1n) is 6.48. The highest BCUT2D eigenvalue weighted by Crippen LogP contribution is 2.27. The third-order valence-corrected chi connectivity index (χ3v) is 3.36. The van der Waals surface area contributed by atoms with Gasteiger partial charge in [-0.2, -0.15) is 5.26 Å². The van der Waals surface area contributed by atoms with Gasteiger partial charge < -0.3 is 4.90 Å². The van der Waals surface area contributed by atoms with Gasteiger partial charge in [0.2, 0.25) is 0 Å². The molecule has 0 spiro atoms. The molecule has 0 unspecified atom stereocenters. The maximum atomic E-state index is 13.0. The van der Waals surface area contributed by atoms with Gasteiger partial charge in [-0.05, 0) is 36.4 Å². The van der Waals surface area contributed by atoms with Gasteiger partial charge in [-0.3, -0.25) is 0 Å². The third-order valence-electron chi connectivity index (χ3n) is 3.36. The standard InChI is InChI=1S/C17H12FN3/c1-21(15-8-6-14(18)7-9-15)17-13(11-19)10-12-4-2-3-5-16(12)20-17/h2-10H,1H3. The summed E-state index contributed by atoms with van der Waals surface area (Å²) in [5.74, 6) is 0.266. The average molecular weight is 277 g/mol. The molecule has 4 heteroatoms. The number of nitriles is 1. The van der Waals surface area contributed by atoms with E-state index in [2.05, 4.69) is 11.1 Å². The van der Waals surface area contributed by atoms with Crippen molar-refractivity contribution in [1.29, 1.82) is 5.26 Å². The zero-order valence-corrected chi connectivity index (χ0v) is 11.4. The van der Waals surface area contributed by atoms with Crippen LogP contribution in [-0.2, 0) is 0 Å². The fraction of sp³-hybridized carbons (Fsp3) is 0.0588. The lowest BCUT2D eigenvalue weighted by molar-refractivity contribution is 0.628. The molecule has 3 rings (SSSR count). The summed E-state index contributed by atoms with van der Waals surface area (Å²) < 4.78 is 13.0. The molecule has 0 fully saturated rings. The van der Waals surface area contributed by atoms with Crippen LogP contribution in [0.5, 0.6) is 0 Å². The molecular weight excluding hydrogens is 265 g/mol. The number of hydrogen-bond acceptors (Lipinski definition) is 3. The van der Waals surface area contributed by atoms with Gasteiger partial charge in [0.15, 0.2) is 5.82 Å². The molecule has 2 aromatic carbocycles. The Hall–Kier alpha value is -2.93. The van der Waals surface area contributed by atoms with E-state index in [0.717, 1.165) is 16.6 Å². The second-order valence-corrected chi connectivity index (χ2v) is 4.70. The lowest BCUT2D eigenvalue weighted by Crippen LogP contribution is -2.13. The van der Waals surface area contributed by atoms with Gasteiger partial charge in [0.25, 0.3) is 0 Å². The molecular formula is C17H12FN3. The highest BCUT2D eigenvalue weighted by Gasteiger charge is 2.12. The summed E-state index contributed by atoms with van der Waals surface area (Å²) in [6.45, 7) is 0. The molecule has 0 aliphatic heterocycles. The molecule has 102 valence electrons. The summed E-state index contributed by atoms with van der Waals surface area (Å²) in [4.78, 5) is 6.34. The van der Waals surface area contributed by atoms with Crippen LogP contribution in [0.25, 0.3) is 10.9 Å². The minimum atomic E-state index is -0.292. The molecule has 0 radical (unpaired) electrons. The summed E-state index contributed by atoms with van der Waals surface area (Å²) in [7, 11) is 1.81. The SMILES string of the molecule is CN(c1ccc(F)cc1)c1nc2ccccc2cc1C#N. The van der Waals surface area contributed by atoms with Crippen molar-refractivity contribution >= 4 is 22.4 Å².